The second-order valence-corrected chi connectivity index (χ2v) is 9.30. The summed E-state index contributed by atoms with van der Waals surface area (Å²) in [6.07, 6.45) is 3.87. The summed E-state index contributed by atoms with van der Waals surface area (Å²) >= 11 is 17.2. The third kappa shape index (κ3) is 7.12. The zero-order valence-corrected chi connectivity index (χ0v) is 21.0. The number of piperidine rings is 1. The van der Waals surface area contributed by atoms with E-state index >= 15 is 0 Å². The standard InChI is InChI=1S/C22H27Cl2N3O5S/c1-12(22(31)32)25-21(30)13-6-8-27(9-7-13)17(28)5-4-14-10-16(33)15(20(24)19(14)23)11-18(29)26(2)3/h4-5,10,12-13,33H,6-9,11H2,1-3H3,(H,25,30)(H,31,32). The number of carbonyl (C=O) groups is 4. The van der Waals surface area contributed by atoms with Crippen LogP contribution in [0.4, 0.5) is 0 Å². The highest BCUT2D eigenvalue weighted by Crippen LogP contribution is 2.35. The molecule has 33 heavy (non-hydrogen) atoms. The molecule has 0 aliphatic carbocycles. The highest BCUT2D eigenvalue weighted by Gasteiger charge is 2.28. The second kappa shape index (κ2) is 11.8. The van der Waals surface area contributed by atoms with Crippen molar-refractivity contribution in [2.75, 3.05) is 27.2 Å². The van der Waals surface area contributed by atoms with Crippen molar-refractivity contribution in [1.82, 2.24) is 15.1 Å². The summed E-state index contributed by atoms with van der Waals surface area (Å²) in [4.78, 5) is 51.3. The molecule has 2 rings (SSSR count). The molecule has 0 aromatic heterocycles. The van der Waals surface area contributed by atoms with Crippen molar-refractivity contribution in [2.24, 2.45) is 5.92 Å². The third-order valence-electron chi connectivity index (χ3n) is 5.45. The number of benzene rings is 1. The molecule has 2 N–H and O–H groups in total. The molecule has 0 bridgehead atoms. The number of amides is 3. The molecule has 1 atom stereocenters. The highest BCUT2D eigenvalue weighted by molar-refractivity contribution is 7.80. The van der Waals surface area contributed by atoms with Gasteiger partial charge in [-0.15, -0.1) is 12.6 Å². The number of thiol groups is 1. The molecule has 11 heteroatoms. The molecule has 0 spiro atoms. The van der Waals surface area contributed by atoms with Crippen molar-refractivity contribution in [3.63, 3.8) is 0 Å². The molecular formula is C22H27Cl2N3O5S. The number of carbonyl (C=O) groups excluding carboxylic acids is 3. The Kier molecular flexibility index (Phi) is 9.63. The number of nitrogens with one attached hydrogen (secondary N) is 1. The first-order valence-corrected chi connectivity index (χ1v) is 11.5. The van der Waals surface area contributed by atoms with Crippen molar-refractivity contribution in [1.29, 1.82) is 0 Å². The van der Waals surface area contributed by atoms with Crippen molar-refractivity contribution in [3.05, 3.63) is 33.3 Å². The average Bonchev–Trinajstić information content (AvgIpc) is 2.77. The van der Waals surface area contributed by atoms with E-state index in [1.54, 1.807) is 31.1 Å². The molecule has 8 nitrogen and oxygen atoms in total. The Morgan fingerprint density at radius 1 is 1.24 bits per heavy atom. The van der Waals surface area contributed by atoms with Gasteiger partial charge in [0, 0.05) is 44.1 Å². The maximum absolute atomic E-state index is 12.6. The first-order valence-electron chi connectivity index (χ1n) is 10.3. The van der Waals surface area contributed by atoms with E-state index in [1.165, 1.54) is 17.9 Å². The van der Waals surface area contributed by atoms with Crippen molar-refractivity contribution < 1.29 is 24.3 Å². The van der Waals surface area contributed by atoms with Gasteiger partial charge in [-0.25, -0.2) is 0 Å². The van der Waals surface area contributed by atoms with Crippen LogP contribution in [0.2, 0.25) is 10.0 Å². The van der Waals surface area contributed by atoms with E-state index in [0.717, 1.165) is 0 Å². The predicted octanol–water partition coefficient (Wildman–Crippen LogP) is 2.75. The Labute approximate surface area is 208 Å². The quantitative estimate of drug-likeness (QED) is 0.382. The number of carboxylic acid groups (broad SMARTS) is 1. The minimum Gasteiger partial charge on any atom is -0.480 e. The Morgan fingerprint density at radius 2 is 1.85 bits per heavy atom. The van der Waals surface area contributed by atoms with Crippen LogP contribution in [0.25, 0.3) is 6.08 Å². The number of likely N-dealkylation sites (N-methyl/N-ethyl adjacent to an activating group) is 1. The molecule has 1 saturated heterocycles. The van der Waals surface area contributed by atoms with Crippen LogP contribution in [-0.4, -0.2) is 71.8 Å². The van der Waals surface area contributed by atoms with Crippen LogP contribution in [0.5, 0.6) is 0 Å². The number of likely N-dealkylation sites (tertiary alicyclic amines) is 1. The van der Waals surface area contributed by atoms with E-state index in [9.17, 15) is 19.2 Å². The van der Waals surface area contributed by atoms with Gasteiger partial charge in [0.1, 0.15) is 6.04 Å². The van der Waals surface area contributed by atoms with Crippen LogP contribution < -0.4 is 5.32 Å². The molecule has 1 aromatic carbocycles. The normalized spacial score (nSPS) is 15.4. The summed E-state index contributed by atoms with van der Waals surface area (Å²) in [5, 5.41) is 11.8. The fourth-order valence-corrected chi connectivity index (χ4v) is 4.19. The lowest BCUT2D eigenvalue weighted by Gasteiger charge is -2.31. The maximum atomic E-state index is 12.6. The van der Waals surface area contributed by atoms with Gasteiger partial charge in [0.25, 0.3) is 0 Å². The Morgan fingerprint density at radius 3 is 2.39 bits per heavy atom. The highest BCUT2D eigenvalue weighted by atomic mass is 35.5. The van der Waals surface area contributed by atoms with Crippen LogP contribution in [0.1, 0.15) is 30.9 Å². The van der Waals surface area contributed by atoms with Gasteiger partial charge in [-0.05, 0) is 43.0 Å². The number of aliphatic carboxylic acids is 1. The fourth-order valence-electron chi connectivity index (χ4n) is 3.29. The van der Waals surface area contributed by atoms with Gasteiger partial charge in [-0.3, -0.25) is 19.2 Å². The predicted molar refractivity (Wildman–Crippen MR) is 130 cm³/mol. The van der Waals surface area contributed by atoms with E-state index in [-0.39, 0.29) is 40.1 Å². The molecule has 1 aliphatic rings. The van der Waals surface area contributed by atoms with E-state index < -0.39 is 12.0 Å². The third-order valence-corrected chi connectivity index (χ3v) is 6.77. The number of carboxylic acids is 1. The summed E-state index contributed by atoms with van der Waals surface area (Å²) < 4.78 is 0. The molecule has 1 fully saturated rings. The number of nitrogens with zero attached hydrogens (tertiary/aromatic N) is 2. The minimum atomic E-state index is -1.10. The monoisotopic (exact) mass is 515 g/mol. The minimum absolute atomic E-state index is 0.0566. The smallest absolute Gasteiger partial charge is 0.325 e. The molecule has 1 aliphatic heterocycles. The zero-order chi connectivity index (χ0) is 24.9. The average molecular weight is 516 g/mol. The number of rotatable bonds is 7. The molecule has 0 radical (unpaired) electrons. The first-order chi connectivity index (χ1) is 15.4. The largest absolute Gasteiger partial charge is 0.480 e. The molecule has 1 heterocycles. The van der Waals surface area contributed by atoms with Gasteiger partial charge in [-0.1, -0.05) is 23.2 Å². The molecule has 1 aromatic rings. The van der Waals surface area contributed by atoms with Gasteiger partial charge >= 0.3 is 5.97 Å². The van der Waals surface area contributed by atoms with Crippen LogP contribution >= 0.6 is 35.8 Å². The summed E-state index contributed by atoms with van der Waals surface area (Å²) in [6.45, 7) is 2.16. The SMILES string of the molecule is CC(NC(=O)C1CCN(C(=O)C=Cc2cc(S)c(CC(=O)N(C)C)c(Cl)c2Cl)CC1)C(=O)O. The fraction of sp³-hybridized carbons (Fsp3) is 0.455. The lowest BCUT2D eigenvalue weighted by atomic mass is 9.95. The first kappa shape index (κ1) is 27.0. The zero-order valence-electron chi connectivity index (χ0n) is 18.6. The number of hydrogen-bond donors (Lipinski definition) is 3. The van der Waals surface area contributed by atoms with Crippen molar-refractivity contribution in [2.45, 2.75) is 37.1 Å². The van der Waals surface area contributed by atoms with Gasteiger partial charge in [-0.2, -0.15) is 0 Å². The summed E-state index contributed by atoms with van der Waals surface area (Å²) in [5.74, 6) is -2.13. The molecule has 180 valence electrons. The molecule has 1 unspecified atom stereocenters. The Balaban J connectivity index is 2.01. The Hall–Kier alpha value is -2.23. The topological polar surface area (TPSA) is 107 Å². The molecule has 0 saturated carbocycles. The van der Waals surface area contributed by atoms with Gasteiger partial charge in [0.2, 0.25) is 17.7 Å². The van der Waals surface area contributed by atoms with Crippen molar-refractivity contribution >= 4 is 65.6 Å². The Bertz CT molecular complexity index is 975. The van der Waals surface area contributed by atoms with E-state index in [1.807, 2.05) is 0 Å². The van der Waals surface area contributed by atoms with Crippen LogP contribution in [0.3, 0.4) is 0 Å². The number of halogens is 2. The molecule has 3 amide bonds. The summed E-state index contributed by atoms with van der Waals surface area (Å²) in [5.41, 5.74) is 1.02. The lowest BCUT2D eigenvalue weighted by molar-refractivity contribution is -0.142. The van der Waals surface area contributed by atoms with Gasteiger partial charge in [0.15, 0.2) is 0 Å². The maximum Gasteiger partial charge on any atom is 0.325 e. The van der Waals surface area contributed by atoms with E-state index in [4.69, 9.17) is 28.3 Å². The van der Waals surface area contributed by atoms with E-state index in [2.05, 4.69) is 17.9 Å². The van der Waals surface area contributed by atoms with Gasteiger partial charge < -0.3 is 20.2 Å². The van der Waals surface area contributed by atoms with Crippen LogP contribution in [0.15, 0.2) is 17.0 Å². The van der Waals surface area contributed by atoms with Crippen LogP contribution in [-0.2, 0) is 25.6 Å². The number of hydrogen-bond acceptors (Lipinski definition) is 5. The van der Waals surface area contributed by atoms with Crippen LogP contribution in [0, 0.1) is 5.92 Å². The molecular weight excluding hydrogens is 489 g/mol. The lowest BCUT2D eigenvalue weighted by Crippen LogP contribution is -2.46. The summed E-state index contributed by atoms with van der Waals surface area (Å²) in [7, 11) is 3.29. The van der Waals surface area contributed by atoms with E-state index in [0.29, 0.717) is 42.0 Å². The van der Waals surface area contributed by atoms with Crippen molar-refractivity contribution in [3.8, 4) is 0 Å². The van der Waals surface area contributed by atoms with Gasteiger partial charge in [0.05, 0.1) is 16.5 Å². The summed E-state index contributed by atoms with van der Waals surface area (Å²) in [6, 6.07) is 0.695. The second-order valence-electron chi connectivity index (χ2n) is 8.06.